The lowest BCUT2D eigenvalue weighted by atomic mass is 10.0. The van der Waals surface area contributed by atoms with Crippen molar-refractivity contribution >= 4 is 5.78 Å². The van der Waals surface area contributed by atoms with Gasteiger partial charge in [-0.2, -0.15) is 0 Å². The SMILES string of the molecule is C=C(C)[C@@H]1Cc2cc(C(C)=O)c(O)c(OC)c2O1. The maximum Gasteiger partial charge on any atom is 0.204 e. The third-order valence-electron chi connectivity index (χ3n) is 3.09. The number of phenolic OH excluding ortho intramolecular Hbond substituents is 1. The molecule has 0 amide bonds. The van der Waals surface area contributed by atoms with Gasteiger partial charge in [0.15, 0.2) is 17.3 Å². The fourth-order valence-corrected chi connectivity index (χ4v) is 2.08. The molecule has 1 aromatic rings. The lowest BCUT2D eigenvalue weighted by Crippen LogP contribution is -2.13. The monoisotopic (exact) mass is 248 g/mol. The molecule has 0 aromatic heterocycles. The summed E-state index contributed by atoms with van der Waals surface area (Å²) < 4.78 is 10.9. The van der Waals surface area contributed by atoms with E-state index in [1.54, 1.807) is 6.07 Å². The van der Waals surface area contributed by atoms with E-state index in [-0.39, 0.29) is 28.9 Å². The maximum atomic E-state index is 11.5. The predicted molar refractivity (Wildman–Crippen MR) is 67.6 cm³/mol. The van der Waals surface area contributed by atoms with Crippen molar-refractivity contribution in [2.24, 2.45) is 0 Å². The lowest BCUT2D eigenvalue weighted by Gasteiger charge is -2.13. The Morgan fingerprint density at radius 2 is 2.22 bits per heavy atom. The molecule has 0 unspecified atom stereocenters. The zero-order valence-corrected chi connectivity index (χ0v) is 10.7. The van der Waals surface area contributed by atoms with Crippen LogP contribution in [0.4, 0.5) is 0 Å². The topological polar surface area (TPSA) is 55.8 Å². The summed E-state index contributed by atoms with van der Waals surface area (Å²) in [5, 5.41) is 10.00. The molecule has 0 saturated carbocycles. The molecule has 2 rings (SSSR count). The van der Waals surface area contributed by atoms with Crippen molar-refractivity contribution in [1.82, 2.24) is 0 Å². The molecule has 1 aliphatic heterocycles. The van der Waals surface area contributed by atoms with Crippen LogP contribution in [-0.4, -0.2) is 24.1 Å². The van der Waals surface area contributed by atoms with Crippen LogP contribution in [0.2, 0.25) is 0 Å². The van der Waals surface area contributed by atoms with Crippen molar-refractivity contribution in [3.05, 3.63) is 29.3 Å². The average Bonchev–Trinajstić information content (AvgIpc) is 2.71. The van der Waals surface area contributed by atoms with Gasteiger partial charge in [0.25, 0.3) is 0 Å². The van der Waals surface area contributed by atoms with Gasteiger partial charge >= 0.3 is 0 Å². The Balaban J connectivity index is 2.56. The number of rotatable bonds is 3. The number of fused-ring (bicyclic) bond motifs is 1. The zero-order valence-electron chi connectivity index (χ0n) is 10.7. The van der Waals surface area contributed by atoms with Gasteiger partial charge in [-0.3, -0.25) is 4.79 Å². The Morgan fingerprint density at radius 1 is 1.56 bits per heavy atom. The number of Topliss-reactive ketones (excluding diaryl/α,β-unsaturated/α-hetero) is 1. The smallest absolute Gasteiger partial charge is 0.204 e. The Hall–Kier alpha value is -1.97. The van der Waals surface area contributed by atoms with Crippen LogP contribution in [0.15, 0.2) is 18.2 Å². The van der Waals surface area contributed by atoms with E-state index in [2.05, 4.69) is 6.58 Å². The number of hydrogen-bond donors (Lipinski definition) is 1. The number of ether oxygens (including phenoxy) is 2. The van der Waals surface area contributed by atoms with Crippen LogP contribution in [0, 0.1) is 0 Å². The van der Waals surface area contributed by atoms with Crippen molar-refractivity contribution in [3.63, 3.8) is 0 Å². The second kappa shape index (κ2) is 4.37. The molecule has 0 aliphatic carbocycles. The number of carbonyl (C=O) groups excluding carboxylic acids is 1. The van der Waals surface area contributed by atoms with E-state index in [1.165, 1.54) is 14.0 Å². The molecule has 1 aliphatic rings. The van der Waals surface area contributed by atoms with Gasteiger partial charge in [-0.1, -0.05) is 6.58 Å². The number of ketones is 1. The van der Waals surface area contributed by atoms with Gasteiger partial charge in [0.2, 0.25) is 5.75 Å². The van der Waals surface area contributed by atoms with Crippen LogP contribution in [-0.2, 0) is 6.42 Å². The summed E-state index contributed by atoms with van der Waals surface area (Å²) in [7, 11) is 1.44. The van der Waals surface area contributed by atoms with E-state index in [1.807, 2.05) is 6.92 Å². The minimum absolute atomic E-state index is 0.129. The van der Waals surface area contributed by atoms with E-state index in [0.717, 1.165) is 11.1 Å². The molecule has 0 bridgehead atoms. The molecule has 4 heteroatoms. The Kier molecular flexibility index (Phi) is 3.03. The first-order valence-electron chi connectivity index (χ1n) is 5.71. The standard InChI is InChI=1S/C14H16O4/c1-7(2)11-6-9-5-10(8(3)15)12(16)14(17-4)13(9)18-11/h5,11,16H,1,6H2,2-4H3/t11-/m0/s1. The normalized spacial score (nSPS) is 16.9. The summed E-state index contributed by atoms with van der Waals surface area (Å²) in [6, 6.07) is 1.67. The number of phenols is 1. The van der Waals surface area contributed by atoms with Crippen molar-refractivity contribution in [2.45, 2.75) is 26.4 Å². The highest BCUT2D eigenvalue weighted by Gasteiger charge is 2.30. The van der Waals surface area contributed by atoms with E-state index in [9.17, 15) is 9.90 Å². The molecule has 1 heterocycles. The van der Waals surface area contributed by atoms with E-state index in [4.69, 9.17) is 9.47 Å². The minimum Gasteiger partial charge on any atom is -0.504 e. The first-order chi connectivity index (χ1) is 8.45. The van der Waals surface area contributed by atoms with Crippen molar-refractivity contribution < 1.29 is 19.4 Å². The number of aromatic hydroxyl groups is 1. The summed E-state index contributed by atoms with van der Waals surface area (Å²) in [6.07, 6.45) is 0.511. The molecule has 0 fully saturated rings. The number of hydrogen-bond acceptors (Lipinski definition) is 4. The Labute approximate surface area is 106 Å². The van der Waals surface area contributed by atoms with Crippen LogP contribution in [0.1, 0.15) is 29.8 Å². The van der Waals surface area contributed by atoms with Crippen LogP contribution in [0.5, 0.6) is 17.2 Å². The van der Waals surface area contributed by atoms with Crippen LogP contribution < -0.4 is 9.47 Å². The second-order valence-corrected chi connectivity index (χ2v) is 4.51. The van der Waals surface area contributed by atoms with E-state index in [0.29, 0.717) is 12.2 Å². The summed E-state index contributed by atoms with van der Waals surface area (Å²) in [6.45, 7) is 7.15. The summed E-state index contributed by atoms with van der Waals surface area (Å²) in [5.41, 5.74) is 2.02. The van der Waals surface area contributed by atoms with Gasteiger partial charge in [-0.05, 0) is 25.5 Å². The molecule has 18 heavy (non-hydrogen) atoms. The van der Waals surface area contributed by atoms with E-state index < -0.39 is 0 Å². The lowest BCUT2D eigenvalue weighted by molar-refractivity contribution is 0.101. The zero-order chi connectivity index (χ0) is 13.4. The van der Waals surface area contributed by atoms with Gasteiger partial charge in [0.1, 0.15) is 6.10 Å². The highest BCUT2D eigenvalue weighted by molar-refractivity contribution is 5.98. The maximum absolute atomic E-state index is 11.5. The fourth-order valence-electron chi connectivity index (χ4n) is 2.08. The van der Waals surface area contributed by atoms with Crippen molar-refractivity contribution in [3.8, 4) is 17.2 Å². The highest BCUT2D eigenvalue weighted by atomic mass is 16.5. The molecule has 0 spiro atoms. The first kappa shape index (κ1) is 12.5. The Morgan fingerprint density at radius 3 is 2.72 bits per heavy atom. The van der Waals surface area contributed by atoms with Crippen molar-refractivity contribution in [1.29, 1.82) is 0 Å². The summed E-state index contributed by atoms with van der Waals surface area (Å²) >= 11 is 0. The third kappa shape index (κ3) is 1.83. The summed E-state index contributed by atoms with van der Waals surface area (Å²) in [4.78, 5) is 11.5. The molecular formula is C14H16O4. The van der Waals surface area contributed by atoms with Gasteiger partial charge in [0.05, 0.1) is 12.7 Å². The van der Waals surface area contributed by atoms with Gasteiger partial charge in [-0.25, -0.2) is 0 Å². The molecule has 4 nitrogen and oxygen atoms in total. The number of carbonyl (C=O) groups is 1. The quantitative estimate of drug-likeness (QED) is 0.659. The van der Waals surface area contributed by atoms with Gasteiger partial charge in [-0.15, -0.1) is 0 Å². The van der Waals surface area contributed by atoms with Crippen LogP contribution >= 0.6 is 0 Å². The molecule has 1 N–H and O–H groups in total. The molecule has 0 radical (unpaired) electrons. The van der Waals surface area contributed by atoms with Crippen LogP contribution in [0.3, 0.4) is 0 Å². The largest absolute Gasteiger partial charge is 0.504 e. The first-order valence-corrected chi connectivity index (χ1v) is 5.71. The fraction of sp³-hybridized carbons (Fsp3) is 0.357. The highest BCUT2D eigenvalue weighted by Crippen LogP contribution is 2.46. The molecule has 0 saturated heterocycles. The molecule has 1 aromatic carbocycles. The third-order valence-corrected chi connectivity index (χ3v) is 3.09. The van der Waals surface area contributed by atoms with Gasteiger partial charge < -0.3 is 14.6 Å². The minimum atomic E-state index is -0.202. The van der Waals surface area contributed by atoms with Crippen molar-refractivity contribution in [2.75, 3.05) is 7.11 Å². The van der Waals surface area contributed by atoms with E-state index >= 15 is 0 Å². The number of methoxy groups -OCH3 is 1. The molecular weight excluding hydrogens is 232 g/mol. The Bertz CT molecular complexity index is 531. The summed E-state index contributed by atoms with van der Waals surface area (Å²) in [5.74, 6) is 0.368. The second-order valence-electron chi connectivity index (χ2n) is 4.51. The average molecular weight is 248 g/mol. The predicted octanol–water partition coefficient (Wildman–Crippen LogP) is 2.48. The molecule has 1 atom stereocenters. The molecule has 96 valence electrons. The van der Waals surface area contributed by atoms with Crippen LogP contribution in [0.25, 0.3) is 0 Å². The van der Waals surface area contributed by atoms with Gasteiger partial charge in [0, 0.05) is 12.0 Å². The number of benzene rings is 1.